The van der Waals surface area contributed by atoms with E-state index in [1.807, 2.05) is 77.1 Å². The predicted molar refractivity (Wildman–Crippen MR) is 176 cm³/mol. The van der Waals surface area contributed by atoms with Crippen molar-refractivity contribution < 1.29 is 28.5 Å². The van der Waals surface area contributed by atoms with Crippen molar-refractivity contribution >= 4 is 16.9 Å². The Morgan fingerprint density at radius 1 is 0.978 bits per heavy atom. The van der Waals surface area contributed by atoms with Crippen molar-refractivity contribution in [1.82, 2.24) is 9.97 Å². The first-order chi connectivity index (χ1) is 22.0. The minimum absolute atomic E-state index is 0.264. The van der Waals surface area contributed by atoms with E-state index in [9.17, 15) is 14.3 Å². The second-order valence-corrected chi connectivity index (χ2v) is 12.5. The molecule has 46 heavy (non-hydrogen) atoms. The maximum atomic E-state index is 13.3. The quantitative estimate of drug-likeness (QED) is 0.178. The lowest BCUT2D eigenvalue weighted by atomic mass is 9.85. The van der Waals surface area contributed by atoms with E-state index >= 15 is 0 Å². The van der Waals surface area contributed by atoms with Crippen LogP contribution < -0.4 is 9.47 Å². The molecule has 3 heterocycles. The van der Waals surface area contributed by atoms with Gasteiger partial charge in [-0.2, -0.15) is 0 Å². The van der Waals surface area contributed by atoms with Crippen LogP contribution in [0.1, 0.15) is 55.0 Å². The zero-order valence-corrected chi connectivity index (χ0v) is 26.7. The van der Waals surface area contributed by atoms with Gasteiger partial charge in [-0.3, -0.25) is 9.97 Å². The van der Waals surface area contributed by atoms with E-state index in [0.717, 1.165) is 56.6 Å². The fraction of sp³-hybridized carbons (Fsp3) is 0.289. The summed E-state index contributed by atoms with van der Waals surface area (Å²) in [4.78, 5) is 22.6. The second kappa shape index (κ2) is 12.5. The fourth-order valence-corrected chi connectivity index (χ4v) is 6.16. The van der Waals surface area contributed by atoms with E-state index in [0.29, 0.717) is 42.2 Å². The maximum absolute atomic E-state index is 13.3. The van der Waals surface area contributed by atoms with Gasteiger partial charge >= 0.3 is 5.97 Å². The summed E-state index contributed by atoms with van der Waals surface area (Å²) >= 11 is 0. The summed E-state index contributed by atoms with van der Waals surface area (Å²) in [5, 5.41) is 11.5. The van der Waals surface area contributed by atoms with Crippen molar-refractivity contribution in [1.29, 1.82) is 0 Å². The van der Waals surface area contributed by atoms with Crippen LogP contribution in [-0.2, 0) is 22.4 Å². The molecule has 2 aromatic heterocycles. The average molecular weight is 621 g/mol. The Kier molecular flexibility index (Phi) is 8.49. The number of rotatable bonds is 9. The predicted octanol–water partition coefficient (Wildman–Crippen LogP) is 8.22. The monoisotopic (exact) mass is 620 g/mol. The number of carboxylic acid groups (broad SMARTS) is 1. The molecular weight excluding hydrogens is 583 g/mol. The third-order valence-electron chi connectivity index (χ3n) is 8.12. The molecule has 0 aliphatic carbocycles. The zero-order valence-electron chi connectivity index (χ0n) is 26.7. The lowest BCUT2D eigenvalue weighted by molar-refractivity contribution is -0.160. The number of pyridine rings is 2. The molecule has 1 aliphatic rings. The smallest absolute Gasteiger partial charge is 0.337 e. The Hall–Kier alpha value is -4.82. The normalized spacial score (nSPS) is 13.3. The van der Waals surface area contributed by atoms with Crippen LogP contribution in [0, 0.1) is 19.7 Å². The molecule has 6 rings (SSSR count). The van der Waals surface area contributed by atoms with Gasteiger partial charge in [-0.1, -0.05) is 24.3 Å². The van der Waals surface area contributed by atoms with Crippen LogP contribution >= 0.6 is 0 Å². The van der Waals surface area contributed by atoms with Crippen molar-refractivity contribution in [3.8, 4) is 33.8 Å². The Bertz CT molecular complexity index is 1900. The topological polar surface area (TPSA) is 90.8 Å². The molecule has 5 aromatic rings. The molecule has 1 atom stereocenters. The van der Waals surface area contributed by atoms with Crippen LogP contribution in [0.3, 0.4) is 0 Å². The summed E-state index contributed by atoms with van der Waals surface area (Å²) in [6, 6.07) is 20.0. The first kappa shape index (κ1) is 31.2. The van der Waals surface area contributed by atoms with E-state index in [2.05, 4.69) is 0 Å². The highest BCUT2D eigenvalue weighted by Crippen LogP contribution is 2.46. The third kappa shape index (κ3) is 6.30. The number of carboxylic acids is 1. The number of nitrogens with zero attached hydrogens (tertiary/aromatic N) is 2. The SMILES string of the molecule is Cc1nc(C)c(C(OC(C)(C)C)C(=O)O)c(-c2ccc3c4c(ccnc24)CCO3)c1-c1ccc(OCCc2ccc(F)cc2)cc1. The van der Waals surface area contributed by atoms with Crippen LogP contribution in [0.25, 0.3) is 33.2 Å². The number of ether oxygens (including phenoxy) is 3. The second-order valence-electron chi connectivity index (χ2n) is 12.5. The number of aliphatic carboxylic acids is 1. The number of halogens is 1. The van der Waals surface area contributed by atoms with E-state index in [-0.39, 0.29) is 5.82 Å². The highest BCUT2D eigenvalue weighted by atomic mass is 19.1. The van der Waals surface area contributed by atoms with Crippen molar-refractivity contribution in [3.63, 3.8) is 0 Å². The molecule has 0 amide bonds. The number of benzene rings is 3. The van der Waals surface area contributed by atoms with Gasteiger partial charge < -0.3 is 19.3 Å². The first-order valence-electron chi connectivity index (χ1n) is 15.4. The average Bonchev–Trinajstić information content (AvgIpc) is 3.01. The van der Waals surface area contributed by atoms with Crippen LogP contribution in [0.2, 0.25) is 0 Å². The number of aromatic nitrogens is 2. The molecule has 3 aromatic carbocycles. The molecule has 0 spiro atoms. The third-order valence-corrected chi connectivity index (χ3v) is 8.12. The van der Waals surface area contributed by atoms with Gasteiger partial charge in [-0.25, -0.2) is 9.18 Å². The molecule has 236 valence electrons. The summed E-state index contributed by atoms with van der Waals surface area (Å²) < 4.78 is 31.5. The summed E-state index contributed by atoms with van der Waals surface area (Å²) in [7, 11) is 0. The molecule has 0 radical (unpaired) electrons. The van der Waals surface area contributed by atoms with Gasteiger partial charge in [0, 0.05) is 58.1 Å². The highest BCUT2D eigenvalue weighted by Gasteiger charge is 2.34. The van der Waals surface area contributed by atoms with Gasteiger partial charge in [0.25, 0.3) is 0 Å². The Balaban J connectivity index is 1.49. The van der Waals surface area contributed by atoms with E-state index in [1.165, 1.54) is 12.1 Å². The molecule has 0 saturated carbocycles. The van der Waals surface area contributed by atoms with E-state index in [1.54, 1.807) is 18.3 Å². The van der Waals surface area contributed by atoms with Crippen LogP contribution in [0.15, 0.2) is 72.9 Å². The number of carbonyl (C=O) groups is 1. The molecular formula is C38H37FN2O5. The first-order valence-corrected chi connectivity index (χ1v) is 15.4. The van der Waals surface area contributed by atoms with Gasteiger partial charge in [-0.15, -0.1) is 0 Å². The van der Waals surface area contributed by atoms with E-state index < -0.39 is 17.7 Å². The minimum atomic E-state index is -1.28. The van der Waals surface area contributed by atoms with Gasteiger partial charge in [0.05, 0.1) is 24.3 Å². The number of aryl methyl sites for hydroxylation is 2. The molecule has 8 heteroatoms. The molecule has 1 aliphatic heterocycles. The Labute approximate surface area is 268 Å². The molecule has 0 fully saturated rings. The summed E-state index contributed by atoms with van der Waals surface area (Å²) in [5.41, 5.74) is 7.08. The Morgan fingerprint density at radius 3 is 2.41 bits per heavy atom. The summed E-state index contributed by atoms with van der Waals surface area (Å²) in [6.07, 6.45) is 1.92. The molecule has 0 bridgehead atoms. The van der Waals surface area contributed by atoms with Crippen molar-refractivity contribution in [2.45, 2.75) is 59.2 Å². The van der Waals surface area contributed by atoms with Gasteiger partial charge in [-0.05, 0) is 93.8 Å². The molecule has 1 N–H and O–H groups in total. The van der Waals surface area contributed by atoms with Crippen molar-refractivity contribution in [2.75, 3.05) is 13.2 Å². The molecule has 7 nitrogen and oxygen atoms in total. The lowest BCUT2D eigenvalue weighted by Crippen LogP contribution is -2.28. The van der Waals surface area contributed by atoms with Crippen LogP contribution in [0.4, 0.5) is 4.39 Å². The van der Waals surface area contributed by atoms with Crippen LogP contribution in [-0.4, -0.2) is 39.9 Å². The minimum Gasteiger partial charge on any atom is -0.493 e. The van der Waals surface area contributed by atoms with Crippen molar-refractivity contribution in [2.24, 2.45) is 0 Å². The lowest BCUT2D eigenvalue weighted by Gasteiger charge is -2.29. The largest absolute Gasteiger partial charge is 0.493 e. The zero-order chi connectivity index (χ0) is 32.6. The van der Waals surface area contributed by atoms with Gasteiger partial charge in [0.15, 0.2) is 6.10 Å². The fourth-order valence-electron chi connectivity index (χ4n) is 6.16. The van der Waals surface area contributed by atoms with Crippen LogP contribution in [0.5, 0.6) is 11.5 Å². The van der Waals surface area contributed by atoms with Gasteiger partial charge in [0.2, 0.25) is 0 Å². The highest BCUT2D eigenvalue weighted by molar-refractivity contribution is 6.04. The summed E-state index contributed by atoms with van der Waals surface area (Å²) in [5.74, 6) is 0.0895. The standard InChI is InChI=1S/C38H37FN2O5/c1-22-31(25-8-12-28(13-9-25)44-20-17-24-6-10-27(39)11-7-24)34(32(23(2)41-22)36(37(42)43)46-38(3,4)5)29-14-15-30-33-26(18-21-45-30)16-19-40-35(29)33/h6-16,19,36H,17-18,20-21H2,1-5H3,(H,42,43). The number of hydrogen-bond acceptors (Lipinski definition) is 6. The molecule has 1 unspecified atom stereocenters. The maximum Gasteiger partial charge on any atom is 0.337 e. The van der Waals surface area contributed by atoms with Crippen molar-refractivity contribution in [3.05, 3.63) is 107 Å². The summed E-state index contributed by atoms with van der Waals surface area (Å²) in [6.45, 7) is 10.3. The van der Waals surface area contributed by atoms with Gasteiger partial charge in [0.1, 0.15) is 17.3 Å². The van der Waals surface area contributed by atoms with E-state index in [4.69, 9.17) is 24.2 Å². The number of hydrogen-bond donors (Lipinski definition) is 1. The molecule has 0 saturated heterocycles. The Morgan fingerprint density at radius 2 is 1.72 bits per heavy atom.